The van der Waals surface area contributed by atoms with E-state index in [-0.39, 0.29) is 0 Å². The van der Waals surface area contributed by atoms with Crippen LogP contribution < -0.4 is 4.74 Å². The monoisotopic (exact) mass is 249 g/mol. The van der Waals surface area contributed by atoms with Crippen LogP contribution in [0.2, 0.25) is 0 Å². The molecule has 1 aliphatic rings. The first kappa shape index (κ1) is 12.6. The number of hydrogen-bond donors (Lipinski definition) is 0. The molecule has 1 fully saturated rings. The van der Waals surface area contributed by atoms with E-state index < -0.39 is 11.7 Å². The summed E-state index contributed by atoms with van der Waals surface area (Å²) in [6.07, 6.45) is 0. The van der Waals surface area contributed by atoms with Gasteiger partial charge in [-0.2, -0.15) is 0 Å². The third-order valence-electron chi connectivity index (χ3n) is 2.84. The zero-order chi connectivity index (χ0) is 13.0. The Kier molecular flexibility index (Phi) is 3.94. The van der Waals surface area contributed by atoms with Crippen LogP contribution in [0.5, 0.6) is 5.75 Å². The molecule has 1 aromatic rings. The van der Waals surface area contributed by atoms with Crippen molar-refractivity contribution in [2.45, 2.75) is 0 Å². The maximum Gasteiger partial charge on any atom is 0.295 e. The highest BCUT2D eigenvalue weighted by Gasteiger charge is 2.26. The molecule has 1 heterocycles. The number of methoxy groups -OCH3 is 1. The molecule has 0 aliphatic carbocycles. The van der Waals surface area contributed by atoms with Crippen molar-refractivity contribution in [2.75, 3.05) is 33.4 Å². The van der Waals surface area contributed by atoms with Crippen LogP contribution in [-0.4, -0.2) is 50.0 Å². The molecule has 5 nitrogen and oxygen atoms in total. The molecule has 1 saturated heterocycles. The number of benzene rings is 1. The molecule has 0 saturated carbocycles. The van der Waals surface area contributed by atoms with Crippen molar-refractivity contribution in [2.24, 2.45) is 0 Å². The lowest BCUT2D eigenvalue weighted by Gasteiger charge is -2.26. The Balaban J connectivity index is 2.17. The van der Waals surface area contributed by atoms with Gasteiger partial charge in [-0.1, -0.05) is 12.1 Å². The summed E-state index contributed by atoms with van der Waals surface area (Å²) in [4.78, 5) is 25.7. The summed E-state index contributed by atoms with van der Waals surface area (Å²) < 4.78 is 10.2. The molecule has 0 N–H and O–H groups in total. The molecule has 0 atom stereocenters. The van der Waals surface area contributed by atoms with Crippen LogP contribution in [0.3, 0.4) is 0 Å². The van der Waals surface area contributed by atoms with E-state index in [1.807, 2.05) is 0 Å². The number of para-hydroxylation sites is 1. The van der Waals surface area contributed by atoms with Crippen LogP contribution in [0.15, 0.2) is 24.3 Å². The molecule has 2 rings (SSSR count). The third kappa shape index (κ3) is 2.51. The molecule has 18 heavy (non-hydrogen) atoms. The highest BCUT2D eigenvalue weighted by Crippen LogP contribution is 2.18. The van der Waals surface area contributed by atoms with Crippen molar-refractivity contribution in [3.63, 3.8) is 0 Å². The molecule has 0 radical (unpaired) electrons. The lowest BCUT2D eigenvalue weighted by atomic mass is 10.1. The first-order valence-corrected chi connectivity index (χ1v) is 5.78. The summed E-state index contributed by atoms with van der Waals surface area (Å²) in [5, 5.41) is 0. The summed E-state index contributed by atoms with van der Waals surface area (Å²) in [5.41, 5.74) is 0.302. The quantitative estimate of drug-likeness (QED) is 0.585. The Bertz CT molecular complexity index is 452. The zero-order valence-electron chi connectivity index (χ0n) is 10.2. The van der Waals surface area contributed by atoms with Crippen LogP contribution in [0.1, 0.15) is 10.4 Å². The number of ether oxygens (including phenoxy) is 2. The summed E-state index contributed by atoms with van der Waals surface area (Å²) in [7, 11) is 1.48. The second kappa shape index (κ2) is 5.64. The number of rotatable bonds is 3. The number of carbonyl (C=O) groups excluding carboxylic acids is 2. The zero-order valence-corrected chi connectivity index (χ0v) is 10.2. The van der Waals surface area contributed by atoms with Gasteiger partial charge in [-0.15, -0.1) is 0 Å². The van der Waals surface area contributed by atoms with Gasteiger partial charge in [0.1, 0.15) is 5.75 Å². The number of hydrogen-bond acceptors (Lipinski definition) is 4. The fourth-order valence-corrected chi connectivity index (χ4v) is 1.86. The number of ketones is 1. The molecule has 1 aliphatic heterocycles. The topological polar surface area (TPSA) is 55.8 Å². The second-order valence-corrected chi connectivity index (χ2v) is 3.93. The van der Waals surface area contributed by atoms with Gasteiger partial charge in [-0.25, -0.2) is 0 Å². The maximum absolute atomic E-state index is 12.1. The predicted molar refractivity (Wildman–Crippen MR) is 64.7 cm³/mol. The molecule has 5 heteroatoms. The Morgan fingerprint density at radius 3 is 2.56 bits per heavy atom. The molecule has 0 unspecified atom stereocenters. The standard InChI is InChI=1S/C13H15NO4/c1-17-11-5-3-2-4-10(11)12(15)13(16)14-6-8-18-9-7-14/h2-5H,6-9H2,1H3. The van der Waals surface area contributed by atoms with Gasteiger partial charge >= 0.3 is 0 Å². The highest BCUT2D eigenvalue weighted by molar-refractivity contribution is 6.43. The van der Waals surface area contributed by atoms with E-state index in [2.05, 4.69) is 0 Å². The normalized spacial score (nSPS) is 15.3. The number of nitrogens with zero attached hydrogens (tertiary/aromatic N) is 1. The van der Waals surface area contributed by atoms with Gasteiger partial charge in [0, 0.05) is 13.1 Å². The predicted octanol–water partition coefficient (Wildman–Crippen LogP) is 0.737. The molecule has 1 aromatic carbocycles. The minimum absolute atomic E-state index is 0.302. The van der Waals surface area contributed by atoms with E-state index in [9.17, 15) is 9.59 Å². The Labute approximate surface area is 105 Å². The largest absolute Gasteiger partial charge is 0.496 e. The SMILES string of the molecule is COc1ccccc1C(=O)C(=O)N1CCOCC1. The molecule has 0 bridgehead atoms. The molecular weight excluding hydrogens is 234 g/mol. The van der Waals surface area contributed by atoms with Gasteiger partial charge in [0.25, 0.3) is 11.7 Å². The highest BCUT2D eigenvalue weighted by atomic mass is 16.5. The second-order valence-electron chi connectivity index (χ2n) is 3.93. The molecule has 0 aromatic heterocycles. The van der Waals surface area contributed by atoms with Crippen molar-refractivity contribution in [3.8, 4) is 5.75 Å². The minimum atomic E-state index is -0.533. The van der Waals surface area contributed by atoms with Crippen molar-refractivity contribution in [1.29, 1.82) is 0 Å². The average Bonchev–Trinajstić information content (AvgIpc) is 2.46. The smallest absolute Gasteiger partial charge is 0.295 e. The first-order valence-electron chi connectivity index (χ1n) is 5.78. The molecule has 0 spiro atoms. The van der Waals surface area contributed by atoms with Crippen molar-refractivity contribution < 1.29 is 19.1 Å². The van der Waals surface area contributed by atoms with Crippen LogP contribution in [0, 0.1) is 0 Å². The van der Waals surface area contributed by atoms with E-state index in [1.165, 1.54) is 12.0 Å². The van der Waals surface area contributed by atoms with Gasteiger partial charge < -0.3 is 14.4 Å². The average molecular weight is 249 g/mol. The van der Waals surface area contributed by atoms with Gasteiger partial charge in [-0.05, 0) is 12.1 Å². The van der Waals surface area contributed by atoms with Crippen LogP contribution >= 0.6 is 0 Å². The summed E-state index contributed by atoms with van der Waals surface area (Å²) in [5.74, 6) is -0.610. The first-order chi connectivity index (χ1) is 8.74. The third-order valence-corrected chi connectivity index (χ3v) is 2.84. The van der Waals surface area contributed by atoms with Crippen molar-refractivity contribution >= 4 is 11.7 Å². The molecule has 96 valence electrons. The molecular formula is C13H15NO4. The Hall–Kier alpha value is -1.88. The fraction of sp³-hybridized carbons (Fsp3) is 0.385. The number of morpholine rings is 1. The van der Waals surface area contributed by atoms with E-state index in [0.29, 0.717) is 37.6 Å². The number of Topliss-reactive ketones (excluding diaryl/α,β-unsaturated/α-hetero) is 1. The Morgan fingerprint density at radius 1 is 1.22 bits per heavy atom. The van der Waals surface area contributed by atoms with Crippen molar-refractivity contribution in [1.82, 2.24) is 4.90 Å². The van der Waals surface area contributed by atoms with E-state index in [4.69, 9.17) is 9.47 Å². The summed E-state index contributed by atoms with van der Waals surface area (Å²) in [6, 6.07) is 6.73. The summed E-state index contributed by atoms with van der Waals surface area (Å²) >= 11 is 0. The van der Waals surface area contributed by atoms with E-state index in [1.54, 1.807) is 24.3 Å². The van der Waals surface area contributed by atoms with Crippen LogP contribution in [0.25, 0.3) is 0 Å². The lowest BCUT2D eigenvalue weighted by molar-refractivity contribution is -0.130. The Morgan fingerprint density at radius 2 is 1.89 bits per heavy atom. The maximum atomic E-state index is 12.1. The number of carbonyl (C=O) groups is 2. The van der Waals surface area contributed by atoms with Gasteiger partial charge in [0.2, 0.25) is 0 Å². The lowest BCUT2D eigenvalue weighted by Crippen LogP contribution is -2.44. The fourth-order valence-electron chi connectivity index (χ4n) is 1.86. The summed E-state index contributed by atoms with van der Waals surface area (Å²) in [6.45, 7) is 1.87. The van der Waals surface area contributed by atoms with Gasteiger partial charge in [0.05, 0.1) is 25.9 Å². The van der Waals surface area contributed by atoms with Crippen LogP contribution in [-0.2, 0) is 9.53 Å². The van der Waals surface area contributed by atoms with Gasteiger partial charge in [0.15, 0.2) is 0 Å². The van der Waals surface area contributed by atoms with E-state index in [0.717, 1.165) is 0 Å². The van der Waals surface area contributed by atoms with Crippen LogP contribution in [0.4, 0.5) is 0 Å². The van der Waals surface area contributed by atoms with Gasteiger partial charge in [-0.3, -0.25) is 9.59 Å². The minimum Gasteiger partial charge on any atom is -0.496 e. The van der Waals surface area contributed by atoms with E-state index >= 15 is 0 Å². The number of amides is 1. The van der Waals surface area contributed by atoms with Crippen molar-refractivity contribution in [3.05, 3.63) is 29.8 Å². The molecule has 1 amide bonds.